The zero-order valence-corrected chi connectivity index (χ0v) is 9.94. The van der Waals surface area contributed by atoms with Crippen LogP contribution in [0.4, 0.5) is 5.69 Å². The topological polar surface area (TPSA) is 64.9 Å². The second kappa shape index (κ2) is 4.04. The van der Waals surface area contributed by atoms with Gasteiger partial charge in [-0.05, 0) is 31.0 Å². The van der Waals surface area contributed by atoms with E-state index in [1.807, 2.05) is 0 Å². The number of hydrogen-bond donors (Lipinski definition) is 1. The maximum atomic E-state index is 5.93. The van der Waals surface area contributed by atoms with Crippen LogP contribution in [0.1, 0.15) is 31.0 Å². The first-order valence-corrected chi connectivity index (χ1v) is 6.01. The van der Waals surface area contributed by atoms with Gasteiger partial charge in [0.1, 0.15) is 0 Å². The molecule has 2 N–H and O–H groups in total. The molecule has 0 bridgehead atoms. The van der Waals surface area contributed by atoms with Crippen LogP contribution in [0.5, 0.6) is 0 Å². The van der Waals surface area contributed by atoms with Gasteiger partial charge in [0.15, 0.2) is 5.82 Å². The molecule has 1 heterocycles. The smallest absolute Gasteiger partial charge is 0.260 e. The molecule has 0 unspecified atom stereocenters. The number of rotatable bonds is 2. The molecule has 1 fully saturated rings. The van der Waals surface area contributed by atoms with Gasteiger partial charge in [-0.3, -0.25) is 0 Å². The van der Waals surface area contributed by atoms with Crippen LogP contribution in [0.2, 0.25) is 5.02 Å². The van der Waals surface area contributed by atoms with E-state index in [-0.39, 0.29) is 0 Å². The van der Waals surface area contributed by atoms with Crippen LogP contribution >= 0.6 is 11.6 Å². The zero-order chi connectivity index (χ0) is 11.8. The Hall–Kier alpha value is -1.55. The average Bonchev–Trinajstić information content (AvgIpc) is 2.68. The van der Waals surface area contributed by atoms with Crippen molar-refractivity contribution in [1.29, 1.82) is 0 Å². The molecule has 0 saturated heterocycles. The molecule has 2 aromatic rings. The molecule has 0 atom stereocenters. The van der Waals surface area contributed by atoms with Crippen molar-refractivity contribution in [2.24, 2.45) is 0 Å². The molecule has 3 rings (SSSR count). The van der Waals surface area contributed by atoms with Crippen LogP contribution in [-0.2, 0) is 0 Å². The van der Waals surface area contributed by atoms with Gasteiger partial charge in [0.25, 0.3) is 5.89 Å². The lowest BCUT2D eigenvalue weighted by Crippen LogP contribution is -2.10. The Labute approximate surface area is 104 Å². The molecule has 88 valence electrons. The van der Waals surface area contributed by atoms with Gasteiger partial charge in [-0.1, -0.05) is 23.2 Å². The summed E-state index contributed by atoms with van der Waals surface area (Å²) in [6.07, 6.45) is 3.53. The lowest BCUT2D eigenvalue weighted by Gasteiger charge is -2.20. The van der Waals surface area contributed by atoms with E-state index in [0.29, 0.717) is 28.1 Å². The molecule has 0 spiro atoms. The number of anilines is 1. The third-order valence-electron chi connectivity index (χ3n) is 3.16. The Morgan fingerprint density at radius 3 is 2.88 bits per heavy atom. The van der Waals surface area contributed by atoms with Crippen molar-refractivity contribution in [2.75, 3.05) is 5.73 Å². The summed E-state index contributed by atoms with van der Waals surface area (Å²) in [7, 11) is 0. The molecule has 1 aromatic heterocycles. The molecule has 0 radical (unpaired) electrons. The molecule has 5 heteroatoms. The highest BCUT2D eigenvalue weighted by Crippen LogP contribution is 2.36. The first-order valence-electron chi connectivity index (χ1n) is 5.63. The quantitative estimate of drug-likeness (QED) is 0.830. The number of hydrogen-bond acceptors (Lipinski definition) is 4. The minimum absolute atomic E-state index is 0.451. The normalized spacial score (nSPS) is 15.8. The van der Waals surface area contributed by atoms with E-state index in [9.17, 15) is 0 Å². The molecule has 4 nitrogen and oxygen atoms in total. The van der Waals surface area contributed by atoms with Crippen LogP contribution < -0.4 is 5.73 Å². The Kier molecular flexibility index (Phi) is 2.52. The van der Waals surface area contributed by atoms with Crippen LogP contribution in [-0.4, -0.2) is 10.1 Å². The van der Waals surface area contributed by atoms with Crippen molar-refractivity contribution in [3.05, 3.63) is 29.0 Å². The lowest BCUT2D eigenvalue weighted by atomic mass is 9.85. The maximum absolute atomic E-state index is 5.93. The van der Waals surface area contributed by atoms with Gasteiger partial charge in [-0.2, -0.15) is 4.98 Å². The Morgan fingerprint density at radius 2 is 2.18 bits per heavy atom. The summed E-state index contributed by atoms with van der Waals surface area (Å²) < 4.78 is 5.24. The second-order valence-corrected chi connectivity index (χ2v) is 4.75. The van der Waals surface area contributed by atoms with Crippen LogP contribution in [0.3, 0.4) is 0 Å². The van der Waals surface area contributed by atoms with Gasteiger partial charge in [-0.15, -0.1) is 0 Å². The number of aromatic nitrogens is 2. The maximum Gasteiger partial charge on any atom is 0.260 e. The van der Waals surface area contributed by atoms with E-state index in [1.54, 1.807) is 18.2 Å². The second-order valence-electron chi connectivity index (χ2n) is 4.32. The fourth-order valence-corrected chi connectivity index (χ4v) is 2.06. The molecular formula is C12H12ClN3O. The predicted molar refractivity (Wildman–Crippen MR) is 65.7 cm³/mol. The summed E-state index contributed by atoms with van der Waals surface area (Å²) in [5.74, 6) is 1.69. The van der Waals surface area contributed by atoms with Gasteiger partial charge in [-0.25, -0.2) is 0 Å². The minimum Gasteiger partial charge on any atom is -0.398 e. The SMILES string of the molecule is Nc1ccc(Cl)cc1-c1nc(C2CCC2)no1. The number of benzene rings is 1. The number of nitrogens with two attached hydrogens (primary N) is 1. The van der Waals surface area contributed by atoms with Crippen molar-refractivity contribution in [2.45, 2.75) is 25.2 Å². The largest absolute Gasteiger partial charge is 0.398 e. The van der Waals surface area contributed by atoms with E-state index in [1.165, 1.54) is 6.42 Å². The molecule has 0 amide bonds. The standard InChI is InChI=1S/C12H12ClN3O/c13-8-4-5-10(14)9(6-8)12-15-11(16-17-12)7-2-1-3-7/h4-7H,1-3,14H2. The van der Waals surface area contributed by atoms with Crippen molar-refractivity contribution in [3.8, 4) is 11.5 Å². The fourth-order valence-electron chi connectivity index (χ4n) is 1.89. The van der Waals surface area contributed by atoms with E-state index in [2.05, 4.69) is 10.1 Å². The molecular weight excluding hydrogens is 238 g/mol. The minimum atomic E-state index is 0.451. The van der Waals surface area contributed by atoms with Gasteiger partial charge in [0.05, 0.1) is 5.56 Å². The Bertz CT molecular complexity index is 548. The zero-order valence-electron chi connectivity index (χ0n) is 9.19. The van der Waals surface area contributed by atoms with E-state index >= 15 is 0 Å². The van der Waals surface area contributed by atoms with Gasteiger partial charge < -0.3 is 10.3 Å². The van der Waals surface area contributed by atoms with Crippen molar-refractivity contribution >= 4 is 17.3 Å². The average molecular weight is 250 g/mol. The summed E-state index contributed by atoms with van der Waals surface area (Å²) in [5.41, 5.74) is 7.17. The van der Waals surface area contributed by atoms with Crippen LogP contribution in [0.25, 0.3) is 11.5 Å². The molecule has 1 aromatic carbocycles. The molecule has 17 heavy (non-hydrogen) atoms. The van der Waals surface area contributed by atoms with Crippen LogP contribution in [0, 0.1) is 0 Å². The Balaban J connectivity index is 1.97. The van der Waals surface area contributed by atoms with Crippen LogP contribution in [0.15, 0.2) is 22.7 Å². The van der Waals surface area contributed by atoms with E-state index < -0.39 is 0 Å². The van der Waals surface area contributed by atoms with Crippen molar-refractivity contribution in [1.82, 2.24) is 10.1 Å². The first-order chi connectivity index (χ1) is 8.24. The molecule has 1 aliphatic rings. The highest BCUT2D eigenvalue weighted by molar-refractivity contribution is 6.31. The summed E-state index contributed by atoms with van der Waals surface area (Å²) in [4.78, 5) is 4.39. The summed E-state index contributed by atoms with van der Waals surface area (Å²) in [5, 5.41) is 4.61. The molecule has 1 aliphatic carbocycles. The highest BCUT2D eigenvalue weighted by Gasteiger charge is 2.25. The number of nitrogens with zero attached hydrogens (tertiary/aromatic N) is 2. The summed E-state index contributed by atoms with van der Waals surface area (Å²) >= 11 is 5.93. The van der Waals surface area contributed by atoms with Gasteiger partial charge >= 0.3 is 0 Å². The Morgan fingerprint density at radius 1 is 1.35 bits per heavy atom. The fraction of sp³-hybridized carbons (Fsp3) is 0.333. The third-order valence-corrected chi connectivity index (χ3v) is 3.39. The molecule has 0 aliphatic heterocycles. The number of nitrogen functional groups attached to an aromatic ring is 1. The van der Waals surface area contributed by atoms with E-state index in [0.717, 1.165) is 18.7 Å². The first kappa shape index (κ1) is 10.6. The molecule has 1 saturated carbocycles. The van der Waals surface area contributed by atoms with Crippen molar-refractivity contribution in [3.63, 3.8) is 0 Å². The van der Waals surface area contributed by atoms with Gasteiger partial charge in [0.2, 0.25) is 0 Å². The summed E-state index contributed by atoms with van der Waals surface area (Å²) in [6.45, 7) is 0. The summed E-state index contributed by atoms with van der Waals surface area (Å²) in [6, 6.07) is 5.23. The third kappa shape index (κ3) is 1.89. The lowest BCUT2D eigenvalue weighted by molar-refractivity contribution is 0.366. The number of halogens is 1. The highest BCUT2D eigenvalue weighted by atomic mass is 35.5. The predicted octanol–water partition coefficient (Wildman–Crippen LogP) is 3.24. The van der Waals surface area contributed by atoms with Crippen molar-refractivity contribution < 1.29 is 4.52 Å². The monoisotopic (exact) mass is 249 g/mol. The van der Waals surface area contributed by atoms with Gasteiger partial charge in [0, 0.05) is 16.6 Å². The van der Waals surface area contributed by atoms with E-state index in [4.69, 9.17) is 21.9 Å².